The maximum Gasteiger partial charge on any atom is 0.264 e. The summed E-state index contributed by atoms with van der Waals surface area (Å²) in [5, 5.41) is 21.7. The average Bonchev–Trinajstić information content (AvgIpc) is 3.13. The summed E-state index contributed by atoms with van der Waals surface area (Å²) in [5.41, 5.74) is 2.18. The van der Waals surface area contributed by atoms with Gasteiger partial charge in [0.05, 0.1) is 18.3 Å². The molecule has 0 saturated carbocycles. The molecule has 0 aliphatic carbocycles. The molecule has 2 N–H and O–H groups in total. The molecule has 3 aliphatic rings. The second-order valence-corrected chi connectivity index (χ2v) is 10.6. The van der Waals surface area contributed by atoms with Crippen molar-refractivity contribution in [3.8, 4) is 0 Å². The van der Waals surface area contributed by atoms with E-state index in [-0.39, 0.29) is 30.9 Å². The van der Waals surface area contributed by atoms with Crippen LogP contribution in [0.25, 0.3) is 0 Å². The van der Waals surface area contributed by atoms with E-state index in [4.69, 9.17) is 0 Å². The first kappa shape index (κ1) is 26.1. The Morgan fingerprint density at radius 2 is 1.92 bits per heavy atom. The van der Waals surface area contributed by atoms with Crippen LogP contribution in [0.4, 0.5) is 11.4 Å². The first-order valence-corrected chi connectivity index (χ1v) is 13.3. The summed E-state index contributed by atoms with van der Waals surface area (Å²) in [5.74, 6) is -1.12. The minimum absolute atomic E-state index is 0.0467. The number of amides is 3. The molecule has 8 nitrogen and oxygen atoms in total. The molecule has 3 heterocycles. The molecule has 0 unspecified atom stereocenters. The van der Waals surface area contributed by atoms with Gasteiger partial charge in [0.1, 0.15) is 0 Å². The number of carbonyl (C=O) groups excluding carboxylic acids is 3. The van der Waals surface area contributed by atoms with Crippen molar-refractivity contribution in [3.63, 3.8) is 0 Å². The zero-order valence-corrected chi connectivity index (χ0v) is 22.0. The van der Waals surface area contributed by atoms with Gasteiger partial charge in [-0.15, -0.1) is 0 Å². The fourth-order valence-corrected chi connectivity index (χ4v) is 5.96. The quantitative estimate of drug-likeness (QED) is 0.574. The number of hydrogen-bond donors (Lipinski definition) is 2. The Labute approximate surface area is 223 Å². The molecular formula is C30H35N3O5. The van der Waals surface area contributed by atoms with Crippen molar-refractivity contribution in [2.45, 2.75) is 57.2 Å². The maximum atomic E-state index is 13.3. The van der Waals surface area contributed by atoms with E-state index >= 15 is 0 Å². The van der Waals surface area contributed by atoms with Crippen molar-refractivity contribution in [2.24, 2.45) is 5.92 Å². The first-order valence-electron chi connectivity index (χ1n) is 13.3. The lowest BCUT2D eigenvalue weighted by molar-refractivity contribution is -0.139. The Kier molecular flexibility index (Phi) is 7.11. The molecule has 1 saturated heterocycles. The highest BCUT2D eigenvalue weighted by Crippen LogP contribution is 2.46. The van der Waals surface area contributed by atoms with Crippen molar-refractivity contribution >= 4 is 29.1 Å². The number of anilines is 2. The Morgan fingerprint density at radius 1 is 1.16 bits per heavy atom. The van der Waals surface area contributed by atoms with Gasteiger partial charge in [0.2, 0.25) is 11.8 Å². The van der Waals surface area contributed by atoms with Crippen LogP contribution in [0.2, 0.25) is 0 Å². The zero-order chi connectivity index (χ0) is 27.0. The van der Waals surface area contributed by atoms with Gasteiger partial charge in [-0.3, -0.25) is 14.4 Å². The molecular weight excluding hydrogens is 482 g/mol. The van der Waals surface area contributed by atoms with Crippen LogP contribution >= 0.6 is 0 Å². The van der Waals surface area contributed by atoms with Crippen molar-refractivity contribution in [2.75, 3.05) is 30.0 Å². The lowest BCUT2D eigenvalue weighted by atomic mass is 9.82. The van der Waals surface area contributed by atoms with Crippen molar-refractivity contribution in [1.82, 2.24) is 4.90 Å². The van der Waals surface area contributed by atoms with Crippen LogP contribution in [0, 0.1) is 5.92 Å². The number of fused-ring (bicyclic) bond motifs is 2. The Morgan fingerprint density at radius 3 is 2.66 bits per heavy atom. The number of benzene rings is 2. The summed E-state index contributed by atoms with van der Waals surface area (Å²) < 4.78 is 0. The second kappa shape index (κ2) is 10.3. The van der Waals surface area contributed by atoms with E-state index in [0.717, 1.165) is 24.0 Å². The number of likely N-dealkylation sites (N-methyl/N-ethyl adjacent to an activating group) is 1. The van der Waals surface area contributed by atoms with E-state index in [2.05, 4.69) is 0 Å². The third kappa shape index (κ3) is 4.41. The molecule has 3 amide bonds. The van der Waals surface area contributed by atoms with Gasteiger partial charge >= 0.3 is 0 Å². The summed E-state index contributed by atoms with van der Waals surface area (Å²) in [4.78, 5) is 43.8. The molecule has 8 heteroatoms. The zero-order valence-electron chi connectivity index (χ0n) is 22.0. The molecule has 1 fully saturated rings. The average molecular weight is 518 g/mol. The molecule has 2 aromatic carbocycles. The van der Waals surface area contributed by atoms with Gasteiger partial charge in [-0.25, -0.2) is 0 Å². The van der Waals surface area contributed by atoms with Gasteiger partial charge in [-0.2, -0.15) is 0 Å². The van der Waals surface area contributed by atoms with Crippen LogP contribution in [-0.4, -0.2) is 59.1 Å². The van der Waals surface area contributed by atoms with Crippen molar-refractivity contribution in [1.29, 1.82) is 0 Å². The number of hydrogen-bond acceptors (Lipinski definition) is 5. The van der Waals surface area contributed by atoms with Crippen LogP contribution in [0.5, 0.6) is 0 Å². The standard InChI is InChI=1S/C30H35N3O5/c1-20(8-7-12-28(36)33-18-22-10-4-3-9-21(22)16-24(33)19-34)30(38)25-17-23(32-15-6-5-11-27(32)35)13-14-26(25)31(2)29(30)37/h3-4,7-10,13-14,17,20,24,34,38H,5-6,11-12,15-16,18-19H2,1-2H3/b8-7+/t20-,24+,30+/m1/s1. The monoisotopic (exact) mass is 517 g/mol. The predicted molar refractivity (Wildman–Crippen MR) is 144 cm³/mol. The summed E-state index contributed by atoms with van der Waals surface area (Å²) in [7, 11) is 1.63. The number of carbonyl (C=O) groups is 3. The topological polar surface area (TPSA) is 101 Å². The third-order valence-electron chi connectivity index (χ3n) is 8.28. The van der Waals surface area contributed by atoms with Gasteiger partial charge < -0.3 is 24.9 Å². The molecule has 200 valence electrons. The van der Waals surface area contributed by atoms with E-state index in [1.54, 1.807) is 48.1 Å². The largest absolute Gasteiger partial charge is 0.394 e. The highest BCUT2D eigenvalue weighted by atomic mass is 16.3. The highest BCUT2D eigenvalue weighted by molar-refractivity contribution is 6.07. The van der Waals surface area contributed by atoms with Crippen LogP contribution in [0.1, 0.15) is 49.3 Å². The second-order valence-electron chi connectivity index (χ2n) is 10.6. The molecule has 0 spiro atoms. The van der Waals surface area contributed by atoms with Crippen LogP contribution in [0.15, 0.2) is 54.6 Å². The van der Waals surface area contributed by atoms with E-state index in [0.29, 0.717) is 42.9 Å². The summed E-state index contributed by atoms with van der Waals surface area (Å²) in [6.45, 7) is 2.71. The molecule has 3 aliphatic heterocycles. The van der Waals surface area contributed by atoms with Gasteiger partial charge in [0.15, 0.2) is 5.60 Å². The number of aliphatic hydroxyl groups is 2. The number of piperidine rings is 1. The SMILES string of the molecule is C[C@H](/C=C/CC(=O)N1Cc2ccccc2C[C@H]1CO)[C@@]1(O)C(=O)N(C)c2ccc(N3CCCCC3=O)cc21. The van der Waals surface area contributed by atoms with Gasteiger partial charge in [-0.05, 0) is 48.6 Å². The van der Waals surface area contributed by atoms with E-state index in [9.17, 15) is 24.6 Å². The van der Waals surface area contributed by atoms with Gasteiger partial charge in [0, 0.05) is 50.1 Å². The van der Waals surface area contributed by atoms with Crippen molar-refractivity contribution in [3.05, 3.63) is 71.3 Å². The summed E-state index contributed by atoms with van der Waals surface area (Å²) in [6, 6.07) is 13.0. The van der Waals surface area contributed by atoms with Gasteiger partial charge in [-0.1, -0.05) is 43.3 Å². The number of nitrogens with zero attached hydrogens (tertiary/aromatic N) is 3. The van der Waals surface area contributed by atoms with Crippen LogP contribution in [0.3, 0.4) is 0 Å². The molecule has 38 heavy (non-hydrogen) atoms. The van der Waals surface area contributed by atoms with Crippen LogP contribution in [-0.2, 0) is 33.0 Å². The maximum absolute atomic E-state index is 13.3. The Bertz CT molecular complexity index is 1290. The van der Waals surface area contributed by atoms with Crippen LogP contribution < -0.4 is 9.80 Å². The van der Waals surface area contributed by atoms with E-state index < -0.39 is 17.4 Å². The molecule has 0 radical (unpaired) electrons. The summed E-state index contributed by atoms with van der Waals surface area (Å²) in [6.07, 6.45) is 6.39. The molecule has 2 aromatic rings. The summed E-state index contributed by atoms with van der Waals surface area (Å²) >= 11 is 0. The van der Waals surface area contributed by atoms with E-state index in [1.807, 2.05) is 30.3 Å². The van der Waals surface area contributed by atoms with E-state index in [1.165, 1.54) is 4.90 Å². The number of rotatable bonds is 6. The minimum Gasteiger partial charge on any atom is -0.394 e. The third-order valence-corrected chi connectivity index (χ3v) is 8.28. The molecule has 0 bridgehead atoms. The Balaban J connectivity index is 1.34. The minimum atomic E-state index is -1.81. The molecule has 3 atom stereocenters. The smallest absolute Gasteiger partial charge is 0.264 e. The van der Waals surface area contributed by atoms with Crippen molar-refractivity contribution < 1.29 is 24.6 Å². The lowest BCUT2D eigenvalue weighted by Crippen LogP contribution is -2.46. The normalized spacial score (nSPS) is 24.1. The van der Waals surface area contributed by atoms with Gasteiger partial charge in [0.25, 0.3) is 5.91 Å². The molecule has 5 rings (SSSR count). The number of aliphatic hydroxyl groups excluding tert-OH is 1. The predicted octanol–water partition coefficient (Wildman–Crippen LogP) is 2.90. The molecule has 0 aromatic heterocycles. The fourth-order valence-electron chi connectivity index (χ4n) is 5.96. The fraction of sp³-hybridized carbons (Fsp3) is 0.433. The first-order chi connectivity index (χ1) is 18.3. The lowest BCUT2D eigenvalue weighted by Gasteiger charge is -2.36. The highest BCUT2D eigenvalue weighted by Gasteiger charge is 2.51. The Hall–Kier alpha value is -3.49.